The van der Waals surface area contributed by atoms with Gasteiger partial charge in [-0.2, -0.15) is 5.10 Å². The lowest BCUT2D eigenvalue weighted by atomic mass is 10.1. The maximum atomic E-state index is 12.5. The number of hydrogen-bond donors (Lipinski definition) is 2. The second kappa shape index (κ2) is 6.54. The highest BCUT2D eigenvalue weighted by atomic mass is 16.2. The van der Waals surface area contributed by atoms with Gasteiger partial charge in [0.25, 0.3) is 5.91 Å². The van der Waals surface area contributed by atoms with Crippen LogP contribution in [0.15, 0.2) is 30.3 Å². The molecule has 1 aromatic carbocycles. The van der Waals surface area contributed by atoms with Crippen molar-refractivity contribution in [2.45, 2.75) is 38.3 Å². The molecular weight excluding hydrogens is 288 g/mol. The average Bonchev–Trinajstić information content (AvgIpc) is 3.16. The van der Waals surface area contributed by atoms with Crippen molar-refractivity contribution in [3.63, 3.8) is 0 Å². The van der Waals surface area contributed by atoms with E-state index in [1.54, 1.807) is 0 Å². The van der Waals surface area contributed by atoms with Crippen molar-refractivity contribution in [1.82, 2.24) is 20.4 Å². The molecule has 1 aromatic heterocycles. The van der Waals surface area contributed by atoms with Crippen LogP contribution in [0.3, 0.4) is 0 Å². The molecule has 23 heavy (non-hydrogen) atoms. The molecule has 0 saturated heterocycles. The molecule has 0 unspecified atom stereocenters. The van der Waals surface area contributed by atoms with Crippen molar-refractivity contribution >= 4 is 5.91 Å². The Bertz CT molecular complexity index is 675. The van der Waals surface area contributed by atoms with Gasteiger partial charge in [0, 0.05) is 17.6 Å². The highest BCUT2D eigenvalue weighted by Crippen LogP contribution is 2.23. The predicted molar refractivity (Wildman–Crippen MR) is 91.3 cm³/mol. The summed E-state index contributed by atoms with van der Waals surface area (Å²) in [6.45, 7) is 2.05. The van der Waals surface area contributed by atoms with Gasteiger partial charge in [0.1, 0.15) is 5.69 Å². The molecule has 122 valence electrons. The van der Waals surface area contributed by atoms with Gasteiger partial charge in [-0.05, 0) is 46.3 Å². The van der Waals surface area contributed by atoms with E-state index in [0.717, 1.165) is 30.5 Å². The molecule has 1 aliphatic rings. The number of H-pyrrole nitrogens is 1. The van der Waals surface area contributed by atoms with Crippen LogP contribution in [-0.4, -0.2) is 47.2 Å². The molecule has 1 aliphatic carbocycles. The molecule has 5 nitrogen and oxygen atoms in total. The Balaban J connectivity index is 1.70. The van der Waals surface area contributed by atoms with E-state index in [4.69, 9.17) is 0 Å². The third-order valence-corrected chi connectivity index (χ3v) is 4.63. The Kier molecular flexibility index (Phi) is 4.48. The minimum atomic E-state index is -0.0744. The van der Waals surface area contributed by atoms with E-state index in [1.165, 1.54) is 5.56 Å². The molecule has 1 amide bonds. The lowest BCUT2D eigenvalue weighted by Crippen LogP contribution is -2.46. The maximum Gasteiger partial charge on any atom is 0.269 e. The van der Waals surface area contributed by atoms with E-state index in [0.29, 0.717) is 11.7 Å². The third kappa shape index (κ3) is 3.45. The molecule has 1 heterocycles. The molecule has 0 aliphatic heterocycles. The van der Waals surface area contributed by atoms with Crippen molar-refractivity contribution in [3.05, 3.63) is 41.6 Å². The summed E-state index contributed by atoms with van der Waals surface area (Å²) in [6, 6.07) is 10.6. The van der Waals surface area contributed by atoms with Crippen LogP contribution in [0.5, 0.6) is 0 Å². The fraction of sp³-hybridized carbons (Fsp3) is 0.444. The summed E-state index contributed by atoms with van der Waals surface area (Å²) in [7, 11) is 4.14. The number of benzene rings is 1. The summed E-state index contributed by atoms with van der Waals surface area (Å²) in [4.78, 5) is 14.7. The molecular formula is C18H24N4O. The smallest absolute Gasteiger partial charge is 0.269 e. The molecule has 1 fully saturated rings. The third-order valence-electron chi connectivity index (χ3n) is 4.63. The molecule has 5 heteroatoms. The first-order chi connectivity index (χ1) is 11.0. The maximum absolute atomic E-state index is 12.5. The van der Waals surface area contributed by atoms with Crippen molar-refractivity contribution in [1.29, 1.82) is 0 Å². The second-order valence-corrected chi connectivity index (χ2v) is 6.57. The lowest BCUT2D eigenvalue weighted by molar-refractivity contribution is 0.0914. The average molecular weight is 312 g/mol. The SMILES string of the molecule is Cc1ccc(-c2cc(C(=O)N[C@@H]3CCC[C@H]3N(C)C)[nH]n2)cc1. The monoisotopic (exact) mass is 312 g/mol. The minimum absolute atomic E-state index is 0.0744. The number of aromatic nitrogens is 2. The van der Waals surface area contributed by atoms with Gasteiger partial charge < -0.3 is 10.2 Å². The van der Waals surface area contributed by atoms with Gasteiger partial charge in [-0.25, -0.2) is 0 Å². The number of amides is 1. The predicted octanol–water partition coefficient (Wildman–Crippen LogP) is 2.60. The number of aromatic amines is 1. The van der Waals surface area contributed by atoms with Crippen molar-refractivity contribution in [3.8, 4) is 11.3 Å². The Morgan fingerprint density at radius 2 is 2.00 bits per heavy atom. The number of carbonyl (C=O) groups is 1. The Labute approximate surface area is 137 Å². The van der Waals surface area contributed by atoms with Crippen LogP contribution >= 0.6 is 0 Å². The van der Waals surface area contributed by atoms with Crippen molar-refractivity contribution < 1.29 is 4.79 Å². The van der Waals surface area contributed by atoms with E-state index in [2.05, 4.69) is 41.4 Å². The lowest BCUT2D eigenvalue weighted by Gasteiger charge is -2.26. The molecule has 2 N–H and O–H groups in total. The number of nitrogens with zero attached hydrogens (tertiary/aromatic N) is 2. The molecule has 2 aromatic rings. The summed E-state index contributed by atoms with van der Waals surface area (Å²) in [5.41, 5.74) is 3.53. The van der Waals surface area contributed by atoms with Crippen LogP contribution < -0.4 is 5.32 Å². The summed E-state index contributed by atoms with van der Waals surface area (Å²) in [6.07, 6.45) is 3.33. The Hall–Kier alpha value is -2.14. The van der Waals surface area contributed by atoms with E-state index < -0.39 is 0 Å². The number of nitrogens with one attached hydrogen (secondary N) is 2. The van der Waals surface area contributed by atoms with Gasteiger partial charge in [-0.3, -0.25) is 9.89 Å². The largest absolute Gasteiger partial charge is 0.346 e. The zero-order chi connectivity index (χ0) is 16.4. The van der Waals surface area contributed by atoms with Crippen LogP contribution in [0.1, 0.15) is 35.3 Å². The van der Waals surface area contributed by atoms with Gasteiger partial charge >= 0.3 is 0 Å². The van der Waals surface area contributed by atoms with E-state index in [-0.39, 0.29) is 11.9 Å². The molecule has 0 radical (unpaired) electrons. The fourth-order valence-corrected chi connectivity index (χ4v) is 3.28. The van der Waals surface area contributed by atoms with Gasteiger partial charge in [0.05, 0.1) is 5.69 Å². The van der Waals surface area contributed by atoms with E-state index in [1.807, 2.05) is 30.3 Å². The van der Waals surface area contributed by atoms with Crippen LogP contribution in [0.2, 0.25) is 0 Å². The zero-order valence-corrected chi connectivity index (χ0v) is 14.0. The molecule has 1 saturated carbocycles. The highest BCUT2D eigenvalue weighted by Gasteiger charge is 2.30. The van der Waals surface area contributed by atoms with E-state index >= 15 is 0 Å². The first kappa shape index (κ1) is 15.7. The first-order valence-corrected chi connectivity index (χ1v) is 8.14. The minimum Gasteiger partial charge on any atom is -0.346 e. The Morgan fingerprint density at radius 1 is 1.26 bits per heavy atom. The van der Waals surface area contributed by atoms with Gasteiger partial charge in [-0.1, -0.05) is 29.8 Å². The quantitative estimate of drug-likeness (QED) is 0.912. The van der Waals surface area contributed by atoms with Crippen LogP contribution in [0.4, 0.5) is 0 Å². The van der Waals surface area contributed by atoms with Gasteiger partial charge in [0.15, 0.2) is 0 Å². The molecule has 0 spiro atoms. The molecule has 2 atom stereocenters. The molecule has 0 bridgehead atoms. The number of hydrogen-bond acceptors (Lipinski definition) is 3. The number of aryl methyl sites for hydroxylation is 1. The van der Waals surface area contributed by atoms with Gasteiger partial charge in [-0.15, -0.1) is 0 Å². The summed E-state index contributed by atoms with van der Waals surface area (Å²) in [5, 5.41) is 10.3. The number of likely N-dealkylation sites (N-methyl/N-ethyl adjacent to an activating group) is 1. The normalized spacial score (nSPS) is 20.9. The summed E-state index contributed by atoms with van der Waals surface area (Å²) < 4.78 is 0. The fourth-order valence-electron chi connectivity index (χ4n) is 3.28. The standard InChI is InChI=1S/C18H24N4O/c1-12-7-9-13(10-8-12)15-11-16(21-20-15)18(23)19-14-5-4-6-17(14)22(2)3/h7-11,14,17H,4-6H2,1-3H3,(H,19,23)(H,20,21)/t14-,17-/m1/s1. The van der Waals surface area contributed by atoms with Crippen LogP contribution in [0.25, 0.3) is 11.3 Å². The van der Waals surface area contributed by atoms with Crippen molar-refractivity contribution in [2.24, 2.45) is 0 Å². The van der Waals surface area contributed by atoms with E-state index in [9.17, 15) is 4.79 Å². The summed E-state index contributed by atoms with van der Waals surface area (Å²) in [5.74, 6) is -0.0744. The number of carbonyl (C=O) groups excluding carboxylic acids is 1. The van der Waals surface area contributed by atoms with Crippen LogP contribution in [-0.2, 0) is 0 Å². The van der Waals surface area contributed by atoms with Crippen molar-refractivity contribution in [2.75, 3.05) is 14.1 Å². The van der Waals surface area contributed by atoms with Gasteiger partial charge in [0.2, 0.25) is 0 Å². The second-order valence-electron chi connectivity index (χ2n) is 6.57. The number of rotatable bonds is 4. The summed E-state index contributed by atoms with van der Waals surface area (Å²) >= 11 is 0. The Morgan fingerprint density at radius 3 is 2.70 bits per heavy atom. The first-order valence-electron chi connectivity index (χ1n) is 8.14. The topological polar surface area (TPSA) is 61.0 Å². The molecule has 3 rings (SSSR count). The highest BCUT2D eigenvalue weighted by molar-refractivity contribution is 5.93. The van der Waals surface area contributed by atoms with Crippen LogP contribution in [0, 0.1) is 6.92 Å². The zero-order valence-electron chi connectivity index (χ0n) is 14.0.